The molecule has 3 heteroatoms. The van der Waals surface area contributed by atoms with Gasteiger partial charge in [-0.25, -0.2) is 0 Å². The summed E-state index contributed by atoms with van der Waals surface area (Å²) in [6.07, 6.45) is 11.0. The van der Waals surface area contributed by atoms with Crippen LogP contribution in [0.4, 0.5) is 0 Å². The number of hydrogen-bond acceptors (Lipinski definition) is 2. The standard InChI is InChI=1S/C25H30O2Te/c1-3-5-6-7-8-9-17-22-24(21(13-4-2)25(26)27-22)28-23-18-12-15-19-14-10-11-16-20(19)23/h4,10-12,14-16,18,22H,2-3,5-9,13,17H2,1H3. The summed E-state index contributed by atoms with van der Waals surface area (Å²) in [6.45, 7) is 6.10. The van der Waals surface area contributed by atoms with Crippen LogP contribution in [0.25, 0.3) is 10.8 Å². The summed E-state index contributed by atoms with van der Waals surface area (Å²) in [4.78, 5) is 12.5. The maximum atomic E-state index is 12.5. The van der Waals surface area contributed by atoms with E-state index in [1.54, 1.807) is 0 Å². The Morgan fingerprint density at radius 3 is 2.61 bits per heavy atom. The first kappa shape index (κ1) is 21.2. The van der Waals surface area contributed by atoms with Crippen molar-refractivity contribution >= 4 is 41.3 Å². The average Bonchev–Trinajstić information content (AvgIpc) is 3.00. The molecule has 0 N–H and O–H groups in total. The fraction of sp³-hybridized carbons (Fsp3) is 0.400. The van der Waals surface area contributed by atoms with E-state index in [-0.39, 0.29) is 12.1 Å². The summed E-state index contributed by atoms with van der Waals surface area (Å²) in [5, 5.41) is 2.59. The van der Waals surface area contributed by atoms with E-state index in [0.717, 1.165) is 18.4 Å². The first-order valence-electron chi connectivity index (χ1n) is 10.4. The van der Waals surface area contributed by atoms with E-state index in [1.807, 2.05) is 6.08 Å². The molecule has 0 saturated carbocycles. The fourth-order valence-corrected chi connectivity index (χ4v) is 7.32. The zero-order valence-electron chi connectivity index (χ0n) is 16.8. The van der Waals surface area contributed by atoms with Gasteiger partial charge in [-0.3, -0.25) is 0 Å². The SMILES string of the molecule is C=CCC1=C([Te]c2cccc3ccccc23)C(CCCCCCCC)OC1=O. The van der Waals surface area contributed by atoms with Crippen LogP contribution in [-0.4, -0.2) is 33.0 Å². The van der Waals surface area contributed by atoms with Gasteiger partial charge in [-0.15, -0.1) is 0 Å². The van der Waals surface area contributed by atoms with Gasteiger partial charge >= 0.3 is 180 Å². The molecule has 1 aliphatic rings. The zero-order valence-corrected chi connectivity index (χ0v) is 19.1. The Kier molecular flexibility index (Phi) is 8.19. The topological polar surface area (TPSA) is 26.3 Å². The van der Waals surface area contributed by atoms with Gasteiger partial charge in [0.25, 0.3) is 0 Å². The van der Waals surface area contributed by atoms with Crippen LogP contribution >= 0.6 is 0 Å². The van der Waals surface area contributed by atoms with Crippen molar-refractivity contribution in [3.63, 3.8) is 0 Å². The Labute approximate surface area is 179 Å². The molecule has 0 aromatic heterocycles. The number of benzene rings is 2. The van der Waals surface area contributed by atoms with Crippen molar-refractivity contribution in [3.05, 3.63) is 64.3 Å². The van der Waals surface area contributed by atoms with Gasteiger partial charge < -0.3 is 0 Å². The first-order chi connectivity index (χ1) is 13.7. The third kappa shape index (κ3) is 5.28. The Bertz CT molecular complexity index is 847. The molecule has 1 unspecified atom stereocenters. The van der Waals surface area contributed by atoms with Crippen molar-refractivity contribution in [1.82, 2.24) is 0 Å². The minimum absolute atomic E-state index is 0.0185. The van der Waals surface area contributed by atoms with Crippen LogP contribution in [0, 0.1) is 0 Å². The molecule has 0 fully saturated rings. The van der Waals surface area contributed by atoms with Crippen LogP contribution in [0.2, 0.25) is 0 Å². The molecule has 0 radical (unpaired) electrons. The van der Waals surface area contributed by atoms with Gasteiger partial charge in [0.1, 0.15) is 0 Å². The molecule has 0 saturated heterocycles. The van der Waals surface area contributed by atoms with E-state index in [4.69, 9.17) is 4.74 Å². The van der Waals surface area contributed by atoms with Crippen LogP contribution in [0.15, 0.2) is 64.3 Å². The van der Waals surface area contributed by atoms with E-state index in [0.29, 0.717) is 6.42 Å². The number of carbonyl (C=O) groups excluding carboxylic acids is 1. The normalized spacial score (nSPS) is 16.6. The molecule has 0 bridgehead atoms. The van der Waals surface area contributed by atoms with Crippen LogP contribution < -0.4 is 3.61 Å². The van der Waals surface area contributed by atoms with Gasteiger partial charge in [0.2, 0.25) is 0 Å². The number of hydrogen-bond donors (Lipinski definition) is 0. The molecule has 2 aromatic rings. The van der Waals surface area contributed by atoms with E-state index in [2.05, 4.69) is 56.0 Å². The van der Waals surface area contributed by atoms with E-state index >= 15 is 0 Å². The maximum absolute atomic E-state index is 12.5. The zero-order chi connectivity index (χ0) is 19.8. The van der Waals surface area contributed by atoms with Crippen molar-refractivity contribution < 1.29 is 9.53 Å². The molecule has 1 atom stereocenters. The van der Waals surface area contributed by atoms with Gasteiger partial charge in [-0.2, -0.15) is 0 Å². The van der Waals surface area contributed by atoms with Crippen LogP contribution in [0.3, 0.4) is 0 Å². The molecule has 2 nitrogen and oxygen atoms in total. The third-order valence-electron chi connectivity index (χ3n) is 5.22. The number of carbonyl (C=O) groups is 1. The first-order valence-corrected chi connectivity index (χ1v) is 12.8. The molecule has 1 heterocycles. The number of cyclic esters (lactones) is 1. The summed E-state index contributed by atoms with van der Waals surface area (Å²) in [7, 11) is 0. The van der Waals surface area contributed by atoms with Gasteiger partial charge in [0.15, 0.2) is 0 Å². The minimum atomic E-state index is -0.667. The predicted molar refractivity (Wildman–Crippen MR) is 119 cm³/mol. The summed E-state index contributed by atoms with van der Waals surface area (Å²) >= 11 is -0.667. The second-order valence-corrected chi connectivity index (χ2v) is 10.5. The Hall–Kier alpha value is -1.56. The second-order valence-electron chi connectivity index (χ2n) is 7.37. The van der Waals surface area contributed by atoms with Crippen LogP contribution in [0.5, 0.6) is 0 Å². The number of unbranched alkanes of at least 4 members (excludes halogenated alkanes) is 5. The Morgan fingerprint density at radius 2 is 1.79 bits per heavy atom. The predicted octanol–water partition coefficient (Wildman–Crippen LogP) is 5.68. The van der Waals surface area contributed by atoms with E-state index < -0.39 is 20.9 Å². The van der Waals surface area contributed by atoms with Gasteiger partial charge in [0.05, 0.1) is 0 Å². The Morgan fingerprint density at radius 1 is 1.04 bits per heavy atom. The summed E-state index contributed by atoms with van der Waals surface area (Å²) in [5.41, 5.74) is 0.876. The molecular weight excluding hydrogens is 460 g/mol. The van der Waals surface area contributed by atoms with Gasteiger partial charge in [-0.05, 0) is 0 Å². The molecule has 28 heavy (non-hydrogen) atoms. The van der Waals surface area contributed by atoms with Crippen molar-refractivity contribution in [2.75, 3.05) is 0 Å². The molecule has 148 valence electrons. The van der Waals surface area contributed by atoms with Gasteiger partial charge in [-0.1, -0.05) is 0 Å². The van der Waals surface area contributed by atoms with Crippen LogP contribution in [-0.2, 0) is 9.53 Å². The Balaban J connectivity index is 1.76. The number of esters is 1. The molecule has 2 aromatic carbocycles. The summed E-state index contributed by atoms with van der Waals surface area (Å²) in [5.74, 6) is -0.115. The quantitative estimate of drug-likeness (QED) is 0.176. The third-order valence-corrected chi connectivity index (χ3v) is 8.95. The second kappa shape index (κ2) is 10.8. The number of fused-ring (bicyclic) bond motifs is 1. The van der Waals surface area contributed by atoms with Crippen molar-refractivity contribution in [1.29, 1.82) is 0 Å². The summed E-state index contributed by atoms with van der Waals surface area (Å²) in [6, 6.07) is 15.1. The van der Waals surface area contributed by atoms with Crippen molar-refractivity contribution in [3.8, 4) is 0 Å². The number of rotatable bonds is 11. The molecule has 1 aliphatic heterocycles. The molecule has 0 aliphatic carbocycles. The van der Waals surface area contributed by atoms with Crippen LogP contribution in [0.1, 0.15) is 58.3 Å². The van der Waals surface area contributed by atoms with Crippen molar-refractivity contribution in [2.24, 2.45) is 0 Å². The van der Waals surface area contributed by atoms with E-state index in [9.17, 15) is 4.79 Å². The summed E-state index contributed by atoms with van der Waals surface area (Å²) < 4.78 is 8.51. The molecular formula is C25H30O2Te. The van der Waals surface area contributed by atoms with Crippen molar-refractivity contribution in [2.45, 2.75) is 64.4 Å². The van der Waals surface area contributed by atoms with Gasteiger partial charge in [0, 0.05) is 0 Å². The average molecular weight is 490 g/mol. The molecule has 0 amide bonds. The number of allylic oxidation sites excluding steroid dienone is 1. The number of ether oxygens (including phenoxy) is 1. The monoisotopic (exact) mass is 492 g/mol. The fourth-order valence-electron chi connectivity index (χ4n) is 3.71. The molecule has 0 spiro atoms. The van der Waals surface area contributed by atoms with E-state index in [1.165, 1.54) is 50.1 Å². The molecule has 3 rings (SSSR count).